The minimum absolute atomic E-state index is 0.0371. The van der Waals surface area contributed by atoms with Gasteiger partial charge < -0.3 is 14.9 Å². The van der Waals surface area contributed by atoms with Gasteiger partial charge in [0.15, 0.2) is 0 Å². The second-order valence-corrected chi connectivity index (χ2v) is 5.81. The Morgan fingerprint density at radius 3 is 2.44 bits per heavy atom. The molecule has 1 N–H and O–H groups in total. The largest absolute Gasteiger partial charge is 0.393 e. The fraction of sp³-hybridized carbons (Fsp3) is 1.00. The number of aliphatic hydroxyl groups is 1. The van der Waals surface area contributed by atoms with E-state index in [0.29, 0.717) is 6.04 Å². The van der Waals surface area contributed by atoms with Gasteiger partial charge in [0.05, 0.1) is 6.10 Å². The summed E-state index contributed by atoms with van der Waals surface area (Å²) in [4.78, 5) is 4.92. The Morgan fingerprint density at radius 2 is 1.88 bits per heavy atom. The van der Waals surface area contributed by atoms with Crippen LogP contribution in [0.5, 0.6) is 0 Å². The van der Waals surface area contributed by atoms with Crippen molar-refractivity contribution in [2.24, 2.45) is 5.92 Å². The third kappa shape index (κ3) is 3.19. The standard InChI is InChI=1S/C13H26N2O/c1-14-7-5-11(6-8-14)10-15(2)12-3-4-13(16)9-12/h11-13,16H,3-10H2,1-2H3. The van der Waals surface area contributed by atoms with Gasteiger partial charge in [-0.3, -0.25) is 0 Å². The zero-order valence-electron chi connectivity index (χ0n) is 10.7. The second kappa shape index (κ2) is 5.48. The molecule has 94 valence electrons. The Bertz CT molecular complexity index is 214. The van der Waals surface area contributed by atoms with Crippen molar-refractivity contribution >= 4 is 0 Å². The molecule has 2 unspecified atom stereocenters. The van der Waals surface area contributed by atoms with E-state index in [2.05, 4.69) is 23.9 Å². The molecule has 3 heteroatoms. The maximum absolute atomic E-state index is 9.56. The van der Waals surface area contributed by atoms with E-state index in [1.54, 1.807) is 0 Å². The minimum atomic E-state index is -0.0371. The van der Waals surface area contributed by atoms with Crippen LogP contribution >= 0.6 is 0 Å². The third-order valence-corrected chi connectivity index (χ3v) is 4.38. The summed E-state index contributed by atoms with van der Waals surface area (Å²) >= 11 is 0. The summed E-state index contributed by atoms with van der Waals surface area (Å²) in [5.41, 5.74) is 0. The molecule has 0 aromatic rings. The number of nitrogens with zero attached hydrogens (tertiary/aromatic N) is 2. The Kier molecular flexibility index (Phi) is 4.22. The quantitative estimate of drug-likeness (QED) is 0.782. The smallest absolute Gasteiger partial charge is 0.0555 e. The number of likely N-dealkylation sites (tertiary alicyclic amines) is 1. The summed E-state index contributed by atoms with van der Waals surface area (Å²) in [6.45, 7) is 3.74. The van der Waals surface area contributed by atoms with Crippen molar-refractivity contribution in [2.75, 3.05) is 33.7 Å². The molecule has 0 bridgehead atoms. The van der Waals surface area contributed by atoms with Crippen LogP contribution in [0.3, 0.4) is 0 Å². The van der Waals surface area contributed by atoms with Crippen LogP contribution in [0.1, 0.15) is 32.1 Å². The highest BCUT2D eigenvalue weighted by Crippen LogP contribution is 2.25. The van der Waals surface area contributed by atoms with Crippen LogP contribution in [-0.2, 0) is 0 Å². The van der Waals surface area contributed by atoms with Crippen molar-refractivity contribution in [3.05, 3.63) is 0 Å². The molecule has 16 heavy (non-hydrogen) atoms. The summed E-state index contributed by atoms with van der Waals surface area (Å²) in [5, 5.41) is 9.56. The lowest BCUT2D eigenvalue weighted by molar-refractivity contribution is 0.134. The molecule has 3 nitrogen and oxygen atoms in total. The summed E-state index contributed by atoms with van der Waals surface area (Å²) in [6.07, 6.45) is 5.83. The van der Waals surface area contributed by atoms with E-state index in [1.165, 1.54) is 38.9 Å². The number of rotatable bonds is 3. The van der Waals surface area contributed by atoms with Gasteiger partial charge in [-0.15, -0.1) is 0 Å². The lowest BCUT2D eigenvalue weighted by Crippen LogP contribution is -2.39. The molecule has 1 heterocycles. The van der Waals surface area contributed by atoms with E-state index >= 15 is 0 Å². The summed E-state index contributed by atoms with van der Waals surface area (Å²) in [5.74, 6) is 0.874. The van der Waals surface area contributed by atoms with Crippen LogP contribution < -0.4 is 0 Å². The minimum Gasteiger partial charge on any atom is -0.393 e. The lowest BCUT2D eigenvalue weighted by atomic mass is 9.96. The molecular weight excluding hydrogens is 200 g/mol. The van der Waals surface area contributed by atoms with Gasteiger partial charge in [0.1, 0.15) is 0 Å². The lowest BCUT2D eigenvalue weighted by Gasteiger charge is -2.33. The molecular formula is C13H26N2O. The predicted octanol–water partition coefficient (Wildman–Crippen LogP) is 1.17. The predicted molar refractivity (Wildman–Crippen MR) is 66.5 cm³/mol. The number of hydrogen-bond acceptors (Lipinski definition) is 3. The maximum atomic E-state index is 9.56. The highest BCUT2D eigenvalue weighted by atomic mass is 16.3. The number of piperidine rings is 1. The van der Waals surface area contributed by atoms with Crippen molar-refractivity contribution in [1.82, 2.24) is 9.80 Å². The monoisotopic (exact) mass is 226 g/mol. The zero-order valence-corrected chi connectivity index (χ0v) is 10.7. The van der Waals surface area contributed by atoms with E-state index in [-0.39, 0.29) is 6.10 Å². The summed E-state index contributed by atoms with van der Waals surface area (Å²) in [6, 6.07) is 0.634. The first-order valence-electron chi connectivity index (χ1n) is 6.72. The molecule has 2 aliphatic rings. The average Bonchev–Trinajstić information content (AvgIpc) is 2.68. The Hall–Kier alpha value is -0.120. The molecule has 1 aliphatic heterocycles. The molecule has 1 aliphatic carbocycles. The Morgan fingerprint density at radius 1 is 1.19 bits per heavy atom. The van der Waals surface area contributed by atoms with Gasteiger partial charge in [-0.25, -0.2) is 0 Å². The van der Waals surface area contributed by atoms with Gasteiger partial charge in [0.25, 0.3) is 0 Å². The topological polar surface area (TPSA) is 26.7 Å². The van der Waals surface area contributed by atoms with Gasteiger partial charge in [0, 0.05) is 12.6 Å². The highest BCUT2D eigenvalue weighted by Gasteiger charge is 2.28. The van der Waals surface area contributed by atoms with Crippen molar-refractivity contribution < 1.29 is 5.11 Å². The van der Waals surface area contributed by atoms with E-state index in [4.69, 9.17) is 0 Å². The number of hydrogen-bond donors (Lipinski definition) is 1. The third-order valence-electron chi connectivity index (χ3n) is 4.38. The first-order valence-corrected chi connectivity index (χ1v) is 6.72. The van der Waals surface area contributed by atoms with Crippen LogP contribution in [0.15, 0.2) is 0 Å². The van der Waals surface area contributed by atoms with Crippen molar-refractivity contribution in [3.63, 3.8) is 0 Å². The van der Waals surface area contributed by atoms with Crippen molar-refractivity contribution in [3.8, 4) is 0 Å². The van der Waals surface area contributed by atoms with Crippen LogP contribution in [0.25, 0.3) is 0 Å². The average molecular weight is 226 g/mol. The van der Waals surface area contributed by atoms with Crippen LogP contribution in [0.4, 0.5) is 0 Å². The fourth-order valence-electron chi connectivity index (χ4n) is 3.14. The Balaban J connectivity index is 1.72. The molecule has 1 saturated heterocycles. The maximum Gasteiger partial charge on any atom is 0.0555 e. The van der Waals surface area contributed by atoms with Crippen LogP contribution in [0.2, 0.25) is 0 Å². The first kappa shape index (κ1) is 12.3. The summed E-state index contributed by atoms with van der Waals surface area (Å²) in [7, 11) is 4.45. The van der Waals surface area contributed by atoms with Gasteiger partial charge >= 0.3 is 0 Å². The molecule has 0 aromatic heterocycles. The van der Waals surface area contributed by atoms with E-state index in [0.717, 1.165) is 18.8 Å². The van der Waals surface area contributed by atoms with E-state index in [9.17, 15) is 5.11 Å². The van der Waals surface area contributed by atoms with Crippen LogP contribution in [0, 0.1) is 5.92 Å². The zero-order chi connectivity index (χ0) is 11.5. The molecule has 2 rings (SSSR count). The molecule has 0 amide bonds. The first-order chi connectivity index (χ1) is 7.65. The fourth-order valence-corrected chi connectivity index (χ4v) is 3.14. The summed E-state index contributed by atoms with van der Waals surface area (Å²) < 4.78 is 0. The molecule has 0 aromatic carbocycles. The van der Waals surface area contributed by atoms with Gasteiger partial charge in [-0.1, -0.05) is 0 Å². The SMILES string of the molecule is CN1CCC(CN(C)C2CCC(O)C2)CC1. The van der Waals surface area contributed by atoms with E-state index < -0.39 is 0 Å². The van der Waals surface area contributed by atoms with Gasteiger partial charge in [-0.2, -0.15) is 0 Å². The molecule has 0 radical (unpaired) electrons. The van der Waals surface area contributed by atoms with Crippen LogP contribution in [-0.4, -0.2) is 60.8 Å². The van der Waals surface area contributed by atoms with E-state index in [1.807, 2.05) is 0 Å². The van der Waals surface area contributed by atoms with Crippen molar-refractivity contribution in [1.29, 1.82) is 0 Å². The molecule has 2 fully saturated rings. The molecule has 1 saturated carbocycles. The highest BCUT2D eigenvalue weighted by molar-refractivity contribution is 4.83. The molecule has 2 atom stereocenters. The van der Waals surface area contributed by atoms with Crippen molar-refractivity contribution in [2.45, 2.75) is 44.2 Å². The Labute approximate surface area is 99.4 Å². The normalized spacial score (nSPS) is 33.8. The number of aliphatic hydroxyl groups excluding tert-OH is 1. The second-order valence-electron chi connectivity index (χ2n) is 5.81. The van der Waals surface area contributed by atoms with Gasteiger partial charge in [0.2, 0.25) is 0 Å². The van der Waals surface area contributed by atoms with Gasteiger partial charge in [-0.05, 0) is 65.2 Å². The molecule has 0 spiro atoms.